The minimum absolute atomic E-state index is 0.00281. The van der Waals surface area contributed by atoms with Crippen molar-refractivity contribution in [2.24, 2.45) is 17.8 Å². The molecular formula is C38H52N6O8. The molecule has 0 aliphatic heterocycles. The highest BCUT2D eigenvalue weighted by Gasteiger charge is 2.32. The SMILES string of the molecule is COC(=O)CN(C)C(=O)CC(Cc1cccc2ccccc12)C(=O)N[C@@H](Cc1c[nH]cn1)C(=O)N[C@@H](CC(C)C)[C@@H](O)CC(=O)NC(=O)CC(C)C. The second kappa shape index (κ2) is 20.1. The van der Waals surface area contributed by atoms with E-state index in [9.17, 15) is 33.9 Å². The summed E-state index contributed by atoms with van der Waals surface area (Å²) in [5, 5.41) is 20.9. The van der Waals surface area contributed by atoms with Crippen molar-refractivity contribution in [3.8, 4) is 0 Å². The number of H-pyrrole nitrogens is 1. The molecule has 0 fully saturated rings. The van der Waals surface area contributed by atoms with Gasteiger partial charge in [-0.2, -0.15) is 0 Å². The van der Waals surface area contributed by atoms with Gasteiger partial charge in [-0.05, 0) is 41.0 Å². The molecule has 14 heteroatoms. The molecule has 4 atom stereocenters. The number of hydrogen-bond donors (Lipinski definition) is 5. The van der Waals surface area contributed by atoms with Crippen molar-refractivity contribution < 1.29 is 38.6 Å². The summed E-state index contributed by atoms with van der Waals surface area (Å²) in [4.78, 5) is 86.4. The van der Waals surface area contributed by atoms with Crippen molar-refractivity contribution in [1.82, 2.24) is 30.8 Å². The first-order valence-electron chi connectivity index (χ1n) is 17.5. The van der Waals surface area contributed by atoms with Gasteiger partial charge in [-0.3, -0.25) is 34.1 Å². The quantitative estimate of drug-likeness (QED) is 0.115. The highest BCUT2D eigenvalue weighted by atomic mass is 16.5. The average Bonchev–Trinajstić information content (AvgIpc) is 3.59. The Kier molecular flexibility index (Phi) is 15.9. The normalized spacial score (nSPS) is 13.6. The molecule has 1 aromatic heterocycles. The van der Waals surface area contributed by atoms with E-state index in [1.807, 2.05) is 70.2 Å². The molecule has 14 nitrogen and oxygen atoms in total. The minimum Gasteiger partial charge on any atom is -0.468 e. The molecule has 2 aromatic carbocycles. The molecule has 0 aliphatic carbocycles. The van der Waals surface area contributed by atoms with Crippen molar-refractivity contribution in [2.45, 2.75) is 84.4 Å². The van der Waals surface area contributed by atoms with E-state index >= 15 is 0 Å². The number of aliphatic hydroxyl groups excluding tert-OH is 1. The molecule has 0 saturated carbocycles. The lowest BCUT2D eigenvalue weighted by atomic mass is 9.91. The molecule has 0 saturated heterocycles. The zero-order valence-corrected chi connectivity index (χ0v) is 30.8. The molecule has 1 heterocycles. The third-order valence-electron chi connectivity index (χ3n) is 8.54. The van der Waals surface area contributed by atoms with Crippen LogP contribution in [0, 0.1) is 17.8 Å². The Morgan fingerprint density at radius 1 is 0.865 bits per heavy atom. The maximum atomic E-state index is 14.2. The number of benzene rings is 2. The topological polar surface area (TPSA) is 200 Å². The molecule has 5 N–H and O–H groups in total. The number of carbonyl (C=O) groups is 6. The van der Waals surface area contributed by atoms with E-state index in [1.54, 1.807) is 6.20 Å². The highest BCUT2D eigenvalue weighted by molar-refractivity contribution is 5.95. The summed E-state index contributed by atoms with van der Waals surface area (Å²) >= 11 is 0. The number of esters is 1. The van der Waals surface area contributed by atoms with Crippen LogP contribution in [0.4, 0.5) is 0 Å². The van der Waals surface area contributed by atoms with E-state index in [2.05, 4.69) is 25.9 Å². The maximum absolute atomic E-state index is 14.2. The lowest BCUT2D eigenvalue weighted by molar-refractivity contribution is -0.146. The van der Waals surface area contributed by atoms with Crippen LogP contribution in [-0.4, -0.2) is 94.4 Å². The number of imide groups is 1. The zero-order chi connectivity index (χ0) is 38.4. The third kappa shape index (κ3) is 13.2. The Bertz CT molecular complexity index is 1670. The van der Waals surface area contributed by atoms with Crippen LogP contribution in [0.2, 0.25) is 0 Å². The van der Waals surface area contributed by atoms with Crippen molar-refractivity contribution in [2.75, 3.05) is 20.7 Å². The number of fused-ring (bicyclic) bond motifs is 1. The van der Waals surface area contributed by atoms with Crippen molar-refractivity contribution in [3.05, 3.63) is 66.2 Å². The van der Waals surface area contributed by atoms with Gasteiger partial charge < -0.3 is 30.4 Å². The lowest BCUT2D eigenvalue weighted by Crippen LogP contribution is -2.55. The van der Waals surface area contributed by atoms with Gasteiger partial charge in [0.2, 0.25) is 29.5 Å². The number of amides is 5. The average molecular weight is 721 g/mol. The van der Waals surface area contributed by atoms with Crippen LogP contribution in [0.5, 0.6) is 0 Å². The van der Waals surface area contributed by atoms with Gasteiger partial charge in [0, 0.05) is 32.5 Å². The number of ether oxygens (including phenoxy) is 1. The van der Waals surface area contributed by atoms with Gasteiger partial charge in [0.05, 0.1) is 43.6 Å². The van der Waals surface area contributed by atoms with Crippen LogP contribution in [0.25, 0.3) is 10.8 Å². The van der Waals surface area contributed by atoms with Crippen LogP contribution in [0.1, 0.15) is 64.6 Å². The fraction of sp³-hybridized carbons (Fsp3) is 0.500. The number of nitrogens with zero attached hydrogens (tertiary/aromatic N) is 2. The van der Waals surface area contributed by atoms with E-state index in [1.165, 1.54) is 25.4 Å². The van der Waals surface area contributed by atoms with Gasteiger partial charge in [-0.25, -0.2) is 4.98 Å². The molecule has 3 aromatic rings. The van der Waals surface area contributed by atoms with Crippen LogP contribution in [0.15, 0.2) is 55.0 Å². The van der Waals surface area contributed by atoms with Gasteiger partial charge in [-0.1, -0.05) is 70.2 Å². The Hall–Kier alpha value is -5.11. The van der Waals surface area contributed by atoms with Gasteiger partial charge in [0.25, 0.3) is 0 Å². The Labute approximate surface area is 304 Å². The van der Waals surface area contributed by atoms with Gasteiger partial charge in [0.15, 0.2) is 0 Å². The molecule has 0 radical (unpaired) electrons. The molecule has 1 unspecified atom stereocenters. The standard InChI is InChI=1S/C38H52N6O8/c1-23(2)14-30(32(45)19-34(47)43-33(46)15-24(3)4)41-38(51)31(18-28-20-39-22-40-28)42-37(50)27(17-35(48)44(5)21-36(49)52-6)16-26-12-9-11-25-10-7-8-13-29(25)26/h7-13,20,22-24,27,30-32,45H,14-19,21H2,1-6H3,(H,39,40)(H,41,51)(H,42,50)(H,43,46,47)/t27?,30-,31-,32-/m0/s1. The summed E-state index contributed by atoms with van der Waals surface area (Å²) < 4.78 is 4.70. The fourth-order valence-electron chi connectivity index (χ4n) is 5.88. The van der Waals surface area contributed by atoms with Crippen molar-refractivity contribution in [3.63, 3.8) is 0 Å². The molecule has 0 aliphatic rings. The predicted molar refractivity (Wildman–Crippen MR) is 194 cm³/mol. The van der Waals surface area contributed by atoms with Gasteiger partial charge in [-0.15, -0.1) is 0 Å². The maximum Gasteiger partial charge on any atom is 0.325 e. The summed E-state index contributed by atoms with van der Waals surface area (Å²) in [5.41, 5.74) is 1.30. The fourth-order valence-corrected chi connectivity index (χ4v) is 5.88. The molecule has 0 bridgehead atoms. The summed E-state index contributed by atoms with van der Waals surface area (Å²) in [6, 6.07) is 11.3. The van der Waals surface area contributed by atoms with E-state index in [0.717, 1.165) is 16.3 Å². The van der Waals surface area contributed by atoms with Crippen LogP contribution in [0.3, 0.4) is 0 Å². The second-order valence-corrected chi connectivity index (χ2v) is 14.0. The first-order chi connectivity index (χ1) is 24.7. The Morgan fingerprint density at radius 3 is 2.21 bits per heavy atom. The number of hydrogen-bond acceptors (Lipinski definition) is 9. The summed E-state index contributed by atoms with van der Waals surface area (Å²) in [5.74, 6) is -4.31. The monoisotopic (exact) mass is 720 g/mol. The second-order valence-electron chi connectivity index (χ2n) is 14.0. The molecular weight excluding hydrogens is 668 g/mol. The van der Waals surface area contributed by atoms with Crippen molar-refractivity contribution >= 4 is 46.3 Å². The Morgan fingerprint density at radius 2 is 1.56 bits per heavy atom. The van der Waals surface area contributed by atoms with E-state index in [-0.39, 0.29) is 44.1 Å². The summed E-state index contributed by atoms with van der Waals surface area (Å²) in [7, 11) is 2.66. The largest absolute Gasteiger partial charge is 0.468 e. The smallest absolute Gasteiger partial charge is 0.325 e. The summed E-state index contributed by atoms with van der Waals surface area (Å²) in [6.45, 7) is 7.18. The number of methoxy groups -OCH3 is 1. The zero-order valence-electron chi connectivity index (χ0n) is 30.8. The van der Waals surface area contributed by atoms with E-state index in [0.29, 0.717) is 12.1 Å². The molecule has 3 rings (SSSR count). The number of likely N-dealkylation sites (N-methyl/N-ethyl adjacent to an activating group) is 1. The number of aromatic nitrogens is 2. The number of nitrogens with one attached hydrogen (secondary N) is 4. The van der Waals surface area contributed by atoms with E-state index in [4.69, 9.17) is 4.74 Å². The third-order valence-corrected chi connectivity index (χ3v) is 8.54. The minimum atomic E-state index is -1.33. The molecule has 52 heavy (non-hydrogen) atoms. The first-order valence-corrected chi connectivity index (χ1v) is 17.5. The first kappa shape index (κ1) is 41.3. The highest BCUT2D eigenvalue weighted by Crippen LogP contribution is 2.24. The Balaban J connectivity index is 1.88. The van der Waals surface area contributed by atoms with Crippen molar-refractivity contribution in [1.29, 1.82) is 0 Å². The molecule has 0 spiro atoms. The number of rotatable bonds is 19. The summed E-state index contributed by atoms with van der Waals surface area (Å²) in [6.07, 6.45) is 1.59. The predicted octanol–water partition coefficient (Wildman–Crippen LogP) is 2.44. The number of aliphatic hydroxyl groups is 1. The van der Waals surface area contributed by atoms with Crippen LogP contribution >= 0.6 is 0 Å². The number of carbonyl (C=O) groups excluding carboxylic acids is 6. The van der Waals surface area contributed by atoms with Crippen LogP contribution in [-0.2, 0) is 46.3 Å². The van der Waals surface area contributed by atoms with Crippen LogP contribution < -0.4 is 16.0 Å². The van der Waals surface area contributed by atoms with Gasteiger partial charge >= 0.3 is 5.97 Å². The lowest BCUT2D eigenvalue weighted by Gasteiger charge is -2.29. The molecule has 5 amide bonds. The van der Waals surface area contributed by atoms with E-state index < -0.39 is 66.0 Å². The van der Waals surface area contributed by atoms with Gasteiger partial charge in [0.1, 0.15) is 12.6 Å². The number of imidazole rings is 1. The number of aromatic amines is 1. The molecule has 282 valence electrons.